The minimum Gasteiger partial charge on any atom is -0.269 e. The highest BCUT2D eigenvalue weighted by Crippen LogP contribution is 2.22. The fourth-order valence-corrected chi connectivity index (χ4v) is 2.71. The molecule has 0 aliphatic rings. The van der Waals surface area contributed by atoms with Gasteiger partial charge in [-0.1, -0.05) is 6.92 Å². The lowest BCUT2D eigenvalue weighted by molar-refractivity contribution is 0.601. The minimum atomic E-state index is 0.754. The first-order valence-corrected chi connectivity index (χ1v) is 6.53. The Morgan fingerprint density at radius 3 is 2.47 bits per heavy atom. The second-order valence-electron chi connectivity index (χ2n) is 4.27. The molecule has 5 heteroatoms. The first-order chi connectivity index (χ1) is 8.02. The molecule has 2 aromatic heterocycles. The molecule has 2 rings (SSSR count). The van der Waals surface area contributed by atoms with Gasteiger partial charge in [0, 0.05) is 12.7 Å². The van der Waals surface area contributed by atoms with Crippen molar-refractivity contribution in [1.82, 2.24) is 19.6 Å². The summed E-state index contributed by atoms with van der Waals surface area (Å²) in [6.07, 6.45) is 0.936. The average molecular weight is 297 g/mol. The molecular weight excluding hydrogens is 280 g/mol. The van der Waals surface area contributed by atoms with Crippen molar-refractivity contribution >= 4 is 15.9 Å². The monoisotopic (exact) mass is 296 g/mol. The van der Waals surface area contributed by atoms with Crippen LogP contribution in [0.3, 0.4) is 0 Å². The third-order valence-electron chi connectivity index (χ3n) is 2.91. The first kappa shape index (κ1) is 12.4. The molecule has 2 aromatic rings. The van der Waals surface area contributed by atoms with Crippen LogP contribution < -0.4 is 0 Å². The maximum atomic E-state index is 4.49. The minimum absolute atomic E-state index is 0.754. The van der Waals surface area contributed by atoms with Crippen LogP contribution in [0.5, 0.6) is 0 Å². The van der Waals surface area contributed by atoms with E-state index >= 15 is 0 Å². The zero-order valence-electron chi connectivity index (χ0n) is 10.7. The number of nitrogens with zero attached hydrogens (tertiary/aromatic N) is 4. The van der Waals surface area contributed by atoms with Gasteiger partial charge in [0.25, 0.3) is 0 Å². The molecule has 0 N–H and O–H groups in total. The van der Waals surface area contributed by atoms with Crippen LogP contribution in [0.1, 0.15) is 29.7 Å². The van der Waals surface area contributed by atoms with Gasteiger partial charge in [-0.05, 0) is 42.3 Å². The van der Waals surface area contributed by atoms with Gasteiger partial charge in [0.15, 0.2) is 0 Å². The molecule has 0 atom stereocenters. The summed E-state index contributed by atoms with van der Waals surface area (Å²) in [6.45, 7) is 6.95. The van der Waals surface area contributed by atoms with Gasteiger partial charge in [0.2, 0.25) is 0 Å². The number of rotatable bonds is 3. The van der Waals surface area contributed by atoms with Gasteiger partial charge in [-0.15, -0.1) is 0 Å². The summed E-state index contributed by atoms with van der Waals surface area (Å²) >= 11 is 3.63. The average Bonchev–Trinajstić information content (AvgIpc) is 2.72. The van der Waals surface area contributed by atoms with Crippen LogP contribution in [-0.2, 0) is 20.0 Å². The predicted octanol–water partition coefficient (Wildman–Crippen LogP) is 2.61. The van der Waals surface area contributed by atoms with Crippen molar-refractivity contribution in [2.24, 2.45) is 7.05 Å². The van der Waals surface area contributed by atoms with E-state index in [0.29, 0.717) is 0 Å². The molecule has 0 unspecified atom stereocenters. The zero-order chi connectivity index (χ0) is 12.6. The second-order valence-corrected chi connectivity index (χ2v) is 5.06. The van der Waals surface area contributed by atoms with Crippen molar-refractivity contribution in [1.29, 1.82) is 0 Å². The van der Waals surface area contributed by atoms with Gasteiger partial charge in [0.1, 0.15) is 0 Å². The Hall–Kier alpha value is -1.10. The molecule has 0 aliphatic carbocycles. The molecule has 0 spiro atoms. The van der Waals surface area contributed by atoms with E-state index in [1.54, 1.807) is 0 Å². The van der Waals surface area contributed by atoms with Crippen molar-refractivity contribution in [2.45, 2.75) is 33.7 Å². The normalized spacial score (nSPS) is 11.1. The maximum Gasteiger partial charge on any atom is 0.0842 e. The van der Waals surface area contributed by atoms with E-state index in [0.717, 1.165) is 34.5 Å². The summed E-state index contributed by atoms with van der Waals surface area (Å²) in [4.78, 5) is 0. The molecule has 0 aliphatic heterocycles. The lowest BCUT2D eigenvalue weighted by Crippen LogP contribution is -2.08. The van der Waals surface area contributed by atoms with Crippen molar-refractivity contribution in [3.63, 3.8) is 0 Å². The summed E-state index contributed by atoms with van der Waals surface area (Å²) in [5, 5.41) is 8.97. The third-order valence-corrected chi connectivity index (χ3v) is 3.82. The largest absolute Gasteiger partial charge is 0.269 e. The Morgan fingerprint density at radius 1 is 1.29 bits per heavy atom. The van der Waals surface area contributed by atoms with Gasteiger partial charge in [0.05, 0.1) is 28.1 Å². The Kier molecular flexibility index (Phi) is 3.38. The molecule has 0 radical (unpaired) electrons. The Balaban J connectivity index is 2.36. The standard InChI is InChI=1S/C12H17BrN4/c1-5-10-12(13)11(16(4)15-10)7-17-9(3)6-8(2)14-17/h6H,5,7H2,1-4H3. The van der Waals surface area contributed by atoms with Crippen LogP contribution >= 0.6 is 15.9 Å². The Morgan fingerprint density at radius 2 is 2.00 bits per heavy atom. The number of hydrogen-bond donors (Lipinski definition) is 0. The summed E-state index contributed by atoms with van der Waals surface area (Å²) in [6, 6.07) is 2.09. The summed E-state index contributed by atoms with van der Waals surface area (Å²) in [5.41, 5.74) is 4.49. The zero-order valence-corrected chi connectivity index (χ0v) is 12.2. The highest BCUT2D eigenvalue weighted by atomic mass is 79.9. The predicted molar refractivity (Wildman–Crippen MR) is 71.1 cm³/mol. The molecule has 0 bridgehead atoms. The van der Waals surface area contributed by atoms with Crippen molar-refractivity contribution < 1.29 is 0 Å². The molecule has 0 fully saturated rings. The van der Waals surface area contributed by atoms with Crippen LogP contribution in [0.2, 0.25) is 0 Å². The highest BCUT2D eigenvalue weighted by molar-refractivity contribution is 9.10. The van der Waals surface area contributed by atoms with Gasteiger partial charge < -0.3 is 0 Å². The lowest BCUT2D eigenvalue weighted by Gasteiger charge is -2.05. The summed E-state index contributed by atoms with van der Waals surface area (Å²) < 4.78 is 5.05. The van der Waals surface area contributed by atoms with E-state index in [-0.39, 0.29) is 0 Å². The van der Waals surface area contributed by atoms with Crippen LogP contribution in [0, 0.1) is 13.8 Å². The van der Waals surface area contributed by atoms with Crippen LogP contribution in [0.25, 0.3) is 0 Å². The number of aryl methyl sites for hydroxylation is 4. The van der Waals surface area contributed by atoms with E-state index in [4.69, 9.17) is 0 Å². The van der Waals surface area contributed by atoms with E-state index in [2.05, 4.69) is 46.0 Å². The van der Waals surface area contributed by atoms with Crippen LogP contribution in [0.15, 0.2) is 10.5 Å². The maximum absolute atomic E-state index is 4.49. The lowest BCUT2D eigenvalue weighted by atomic mass is 10.3. The molecule has 0 aromatic carbocycles. The van der Waals surface area contributed by atoms with Crippen molar-refractivity contribution in [3.05, 3.63) is 33.3 Å². The van der Waals surface area contributed by atoms with Gasteiger partial charge in [-0.2, -0.15) is 10.2 Å². The molecular formula is C12H17BrN4. The molecule has 17 heavy (non-hydrogen) atoms. The quantitative estimate of drug-likeness (QED) is 0.873. The van der Waals surface area contributed by atoms with Crippen LogP contribution in [-0.4, -0.2) is 19.6 Å². The van der Waals surface area contributed by atoms with E-state index in [1.165, 1.54) is 5.69 Å². The molecule has 4 nitrogen and oxygen atoms in total. The number of hydrogen-bond acceptors (Lipinski definition) is 2. The smallest absolute Gasteiger partial charge is 0.0842 e. The number of halogens is 1. The SMILES string of the molecule is CCc1nn(C)c(Cn2nc(C)cc2C)c1Br. The van der Waals surface area contributed by atoms with Gasteiger partial charge in [-0.3, -0.25) is 9.36 Å². The molecule has 92 valence electrons. The summed E-state index contributed by atoms with van der Waals surface area (Å²) in [5.74, 6) is 0. The Bertz CT molecular complexity index is 539. The van der Waals surface area contributed by atoms with E-state index < -0.39 is 0 Å². The van der Waals surface area contributed by atoms with Gasteiger partial charge in [-0.25, -0.2) is 0 Å². The van der Waals surface area contributed by atoms with Gasteiger partial charge >= 0.3 is 0 Å². The van der Waals surface area contributed by atoms with Crippen LogP contribution in [0.4, 0.5) is 0 Å². The van der Waals surface area contributed by atoms with E-state index in [1.807, 2.05) is 23.3 Å². The summed E-state index contributed by atoms with van der Waals surface area (Å²) in [7, 11) is 1.98. The Labute approximate surface area is 110 Å². The third kappa shape index (κ3) is 2.29. The molecule has 0 amide bonds. The fraction of sp³-hybridized carbons (Fsp3) is 0.500. The van der Waals surface area contributed by atoms with Crippen molar-refractivity contribution in [3.8, 4) is 0 Å². The second kappa shape index (κ2) is 4.64. The first-order valence-electron chi connectivity index (χ1n) is 5.74. The topological polar surface area (TPSA) is 35.6 Å². The molecule has 0 saturated carbocycles. The van der Waals surface area contributed by atoms with Crippen molar-refractivity contribution in [2.75, 3.05) is 0 Å². The van der Waals surface area contributed by atoms with E-state index in [9.17, 15) is 0 Å². The highest BCUT2D eigenvalue weighted by Gasteiger charge is 2.14. The molecule has 0 saturated heterocycles. The number of aromatic nitrogens is 4. The fourth-order valence-electron chi connectivity index (χ4n) is 1.97. The molecule has 2 heterocycles.